The second-order valence-electron chi connectivity index (χ2n) is 6.66. The Morgan fingerprint density at radius 2 is 2.04 bits per heavy atom. The first kappa shape index (κ1) is 21.2. The molecular weight excluding hydrogens is 346 g/mol. The quantitative estimate of drug-likeness (QED) is 0.657. The maximum absolute atomic E-state index is 12.1. The van der Waals surface area contributed by atoms with Gasteiger partial charge >= 0.3 is 0 Å². The Kier molecular flexibility index (Phi) is 9.07. The molecule has 1 fully saturated rings. The number of nitrogens with one attached hydrogen (secondary N) is 1. The summed E-state index contributed by atoms with van der Waals surface area (Å²) in [4.78, 5) is 27.9. The predicted molar refractivity (Wildman–Crippen MR) is 104 cm³/mol. The highest BCUT2D eigenvalue weighted by Crippen LogP contribution is 2.12. The van der Waals surface area contributed by atoms with Crippen molar-refractivity contribution in [3.8, 4) is 5.75 Å². The van der Waals surface area contributed by atoms with Crippen molar-refractivity contribution in [2.75, 3.05) is 59.6 Å². The second kappa shape index (κ2) is 11.6. The number of hydrogen-bond acceptors (Lipinski definition) is 5. The van der Waals surface area contributed by atoms with E-state index in [1.165, 1.54) is 0 Å². The molecule has 0 aromatic heterocycles. The van der Waals surface area contributed by atoms with Crippen molar-refractivity contribution in [3.05, 3.63) is 29.8 Å². The SMILES string of the molecule is COc1cccc(CCNC(=O)CCN(CCN2CCOCC2)C(C)=O)c1. The fraction of sp³-hybridized carbons (Fsp3) is 0.600. The van der Waals surface area contributed by atoms with Gasteiger partial charge < -0.3 is 19.7 Å². The summed E-state index contributed by atoms with van der Waals surface area (Å²) in [6, 6.07) is 7.82. The summed E-state index contributed by atoms with van der Waals surface area (Å²) in [6.07, 6.45) is 1.07. The third kappa shape index (κ3) is 7.97. The van der Waals surface area contributed by atoms with Crippen molar-refractivity contribution in [2.24, 2.45) is 0 Å². The van der Waals surface area contributed by atoms with Crippen molar-refractivity contribution in [3.63, 3.8) is 0 Å². The summed E-state index contributed by atoms with van der Waals surface area (Å²) in [5, 5.41) is 2.92. The Bertz CT molecular complexity index is 603. The maximum atomic E-state index is 12.1. The van der Waals surface area contributed by atoms with Crippen LogP contribution in [-0.2, 0) is 20.7 Å². The number of morpholine rings is 1. The summed E-state index contributed by atoms with van der Waals surface area (Å²) in [6.45, 7) is 7.33. The van der Waals surface area contributed by atoms with Gasteiger partial charge in [0.1, 0.15) is 5.75 Å². The molecule has 0 unspecified atom stereocenters. The van der Waals surface area contributed by atoms with Gasteiger partial charge in [-0.15, -0.1) is 0 Å². The summed E-state index contributed by atoms with van der Waals surface area (Å²) in [5.41, 5.74) is 1.12. The summed E-state index contributed by atoms with van der Waals surface area (Å²) >= 11 is 0. The van der Waals surface area contributed by atoms with Gasteiger partial charge in [-0.05, 0) is 24.1 Å². The lowest BCUT2D eigenvalue weighted by molar-refractivity contribution is -0.130. The molecule has 0 saturated carbocycles. The molecule has 1 aromatic rings. The van der Waals surface area contributed by atoms with Crippen LogP contribution in [0.4, 0.5) is 0 Å². The van der Waals surface area contributed by atoms with Gasteiger partial charge in [0, 0.05) is 52.6 Å². The zero-order chi connectivity index (χ0) is 19.5. The largest absolute Gasteiger partial charge is 0.497 e. The molecule has 2 amide bonds. The number of hydrogen-bond donors (Lipinski definition) is 1. The van der Waals surface area contributed by atoms with E-state index in [9.17, 15) is 9.59 Å². The Labute approximate surface area is 161 Å². The van der Waals surface area contributed by atoms with E-state index in [-0.39, 0.29) is 11.8 Å². The van der Waals surface area contributed by atoms with Crippen LogP contribution >= 0.6 is 0 Å². The summed E-state index contributed by atoms with van der Waals surface area (Å²) < 4.78 is 10.5. The number of carbonyl (C=O) groups is 2. The van der Waals surface area contributed by atoms with Crippen LogP contribution < -0.4 is 10.1 Å². The Hall–Kier alpha value is -2.12. The van der Waals surface area contributed by atoms with E-state index in [1.807, 2.05) is 24.3 Å². The van der Waals surface area contributed by atoms with Crippen molar-refractivity contribution < 1.29 is 19.1 Å². The van der Waals surface area contributed by atoms with Crippen LogP contribution in [0.25, 0.3) is 0 Å². The van der Waals surface area contributed by atoms with Crippen molar-refractivity contribution in [2.45, 2.75) is 19.8 Å². The highest BCUT2D eigenvalue weighted by Gasteiger charge is 2.15. The van der Waals surface area contributed by atoms with E-state index < -0.39 is 0 Å². The molecule has 1 heterocycles. The van der Waals surface area contributed by atoms with E-state index in [2.05, 4.69) is 10.2 Å². The zero-order valence-corrected chi connectivity index (χ0v) is 16.4. The molecule has 1 aliphatic rings. The fourth-order valence-corrected chi connectivity index (χ4v) is 3.01. The minimum absolute atomic E-state index is 0.00689. The standard InChI is InChI=1S/C20H31N3O4/c1-17(24)23(11-10-22-12-14-27-15-13-22)9-7-20(25)21-8-6-18-4-3-5-19(16-18)26-2/h3-5,16H,6-15H2,1-2H3,(H,21,25). The lowest BCUT2D eigenvalue weighted by atomic mass is 10.1. The topological polar surface area (TPSA) is 71.1 Å². The lowest BCUT2D eigenvalue weighted by Crippen LogP contribution is -2.43. The average Bonchev–Trinajstić information content (AvgIpc) is 2.68. The normalized spacial score (nSPS) is 14.6. The fourth-order valence-electron chi connectivity index (χ4n) is 3.01. The third-order valence-corrected chi connectivity index (χ3v) is 4.71. The molecule has 2 rings (SSSR count). The number of rotatable bonds is 10. The van der Waals surface area contributed by atoms with Gasteiger partial charge in [0.05, 0.1) is 20.3 Å². The molecule has 7 heteroatoms. The predicted octanol–water partition coefficient (Wildman–Crippen LogP) is 0.925. The Morgan fingerprint density at radius 3 is 2.74 bits per heavy atom. The molecule has 0 spiro atoms. The minimum Gasteiger partial charge on any atom is -0.497 e. The van der Waals surface area contributed by atoms with Gasteiger partial charge in [-0.3, -0.25) is 14.5 Å². The summed E-state index contributed by atoms with van der Waals surface area (Å²) in [5.74, 6) is 0.791. The zero-order valence-electron chi connectivity index (χ0n) is 16.4. The molecule has 1 aromatic carbocycles. The van der Waals surface area contributed by atoms with Gasteiger partial charge in [0.25, 0.3) is 0 Å². The van der Waals surface area contributed by atoms with E-state index in [0.717, 1.165) is 50.6 Å². The molecular formula is C20H31N3O4. The summed E-state index contributed by atoms with van der Waals surface area (Å²) in [7, 11) is 1.64. The van der Waals surface area contributed by atoms with Crippen LogP contribution in [0.2, 0.25) is 0 Å². The first-order valence-corrected chi connectivity index (χ1v) is 9.53. The van der Waals surface area contributed by atoms with Crippen molar-refractivity contribution in [1.29, 1.82) is 0 Å². The van der Waals surface area contributed by atoms with Crippen LogP contribution in [0, 0.1) is 0 Å². The molecule has 150 valence electrons. The molecule has 1 saturated heterocycles. The number of methoxy groups -OCH3 is 1. The van der Waals surface area contributed by atoms with E-state index in [1.54, 1.807) is 18.9 Å². The van der Waals surface area contributed by atoms with Gasteiger partial charge in [0.2, 0.25) is 11.8 Å². The first-order chi connectivity index (χ1) is 13.1. The number of ether oxygens (including phenoxy) is 2. The first-order valence-electron chi connectivity index (χ1n) is 9.53. The van der Waals surface area contributed by atoms with Crippen LogP contribution in [0.5, 0.6) is 5.75 Å². The highest BCUT2D eigenvalue weighted by atomic mass is 16.5. The van der Waals surface area contributed by atoms with Crippen molar-refractivity contribution >= 4 is 11.8 Å². The number of amides is 2. The number of carbonyl (C=O) groups excluding carboxylic acids is 2. The molecule has 0 atom stereocenters. The molecule has 7 nitrogen and oxygen atoms in total. The maximum Gasteiger partial charge on any atom is 0.221 e. The van der Waals surface area contributed by atoms with E-state index >= 15 is 0 Å². The van der Waals surface area contributed by atoms with Crippen LogP contribution in [0.15, 0.2) is 24.3 Å². The number of nitrogens with zero attached hydrogens (tertiary/aromatic N) is 2. The Balaban J connectivity index is 1.66. The minimum atomic E-state index is -0.0319. The van der Waals surface area contributed by atoms with Crippen LogP contribution in [0.3, 0.4) is 0 Å². The van der Waals surface area contributed by atoms with E-state index in [4.69, 9.17) is 9.47 Å². The molecule has 0 bridgehead atoms. The molecule has 0 radical (unpaired) electrons. The van der Waals surface area contributed by atoms with Crippen LogP contribution in [0.1, 0.15) is 18.9 Å². The Morgan fingerprint density at radius 1 is 1.26 bits per heavy atom. The third-order valence-electron chi connectivity index (χ3n) is 4.71. The average molecular weight is 377 g/mol. The van der Waals surface area contributed by atoms with Gasteiger partial charge in [-0.2, -0.15) is 0 Å². The smallest absolute Gasteiger partial charge is 0.221 e. The second-order valence-corrected chi connectivity index (χ2v) is 6.66. The van der Waals surface area contributed by atoms with Crippen LogP contribution in [-0.4, -0.2) is 81.2 Å². The molecule has 0 aliphatic carbocycles. The van der Waals surface area contributed by atoms with Gasteiger partial charge in [-0.25, -0.2) is 0 Å². The molecule has 1 N–H and O–H groups in total. The highest BCUT2D eigenvalue weighted by molar-refractivity contribution is 5.78. The van der Waals surface area contributed by atoms with Gasteiger partial charge in [0.15, 0.2) is 0 Å². The monoisotopic (exact) mass is 377 g/mol. The molecule has 1 aliphatic heterocycles. The van der Waals surface area contributed by atoms with Crippen molar-refractivity contribution in [1.82, 2.24) is 15.1 Å². The number of benzene rings is 1. The lowest BCUT2D eigenvalue weighted by Gasteiger charge is -2.29. The molecule has 27 heavy (non-hydrogen) atoms. The van der Waals surface area contributed by atoms with Gasteiger partial charge in [-0.1, -0.05) is 12.1 Å². The van der Waals surface area contributed by atoms with E-state index in [0.29, 0.717) is 26.1 Å².